The van der Waals surface area contributed by atoms with Crippen molar-refractivity contribution in [2.45, 2.75) is 6.92 Å². The molecule has 0 bridgehead atoms. The molecule has 0 atom stereocenters. The lowest BCUT2D eigenvalue weighted by molar-refractivity contribution is 0.760. The van der Waals surface area contributed by atoms with Crippen molar-refractivity contribution < 1.29 is 0 Å². The van der Waals surface area contributed by atoms with E-state index in [4.69, 9.17) is 0 Å². The average molecular weight is 393 g/mol. The average Bonchev–Trinajstić information content (AvgIpc) is 2.87. The Morgan fingerprint density at radius 3 is 2.76 bits per heavy atom. The highest BCUT2D eigenvalue weighted by Gasteiger charge is 2.14. The molecule has 2 aromatic rings. The first-order valence-corrected chi connectivity index (χ1v) is 7.41. The monoisotopic (exact) mass is 393 g/mol. The molecule has 0 aliphatic carbocycles. The van der Waals surface area contributed by atoms with Crippen molar-refractivity contribution in [3.05, 3.63) is 52.7 Å². The first kappa shape index (κ1) is 15.4. The molecule has 0 saturated heterocycles. The largest absolute Gasteiger partial charge is 0.325 e. The summed E-state index contributed by atoms with van der Waals surface area (Å²) in [6.45, 7) is 9.50. The second-order valence-electron chi connectivity index (χ2n) is 4.23. The molecule has 0 saturated carbocycles. The lowest BCUT2D eigenvalue weighted by Gasteiger charge is -2.08. The Kier molecular flexibility index (Phi) is 4.89. The van der Waals surface area contributed by atoms with E-state index in [1.54, 1.807) is 29.2 Å². The molecule has 21 heavy (non-hydrogen) atoms. The highest BCUT2D eigenvalue weighted by atomic mass is 127. The molecule has 2 heterocycles. The molecule has 2 rings (SSSR count). The van der Waals surface area contributed by atoms with E-state index in [0.717, 1.165) is 26.2 Å². The van der Waals surface area contributed by atoms with Crippen LogP contribution in [-0.2, 0) is 7.05 Å². The van der Waals surface area contributed by atoms with Crippen LogP contribution < -0.4 is 5.32 Å². The van der Waals surface area contributed by atoms with Crippen molar-refractivity contribution >= 4 is 34.6 Å². The molecular formula is C15H16IN5. The number of hydrogen-bond acceptors (Lipinski definition) is 4. The van der Waals surface area contributed by atoms with Crippen molar-refractivity contribution in [2.24, 2.45) is 7.05 Å². The van der Waals surface area contributed by atoms with Gasteiger partial charge in [-0.15, -0.1) is 0 Å². The number of anilines is 1. The zero-order chi connectivity index (χ0) is 15.4. The van der Waals surface area contributed by atoms with Crippen LogP contribution in [0.5, 0.6) is 0 Å². The van der Waals surface area contributed by atoms with Crippen LogP contribution in [0.1, 0.15) is 12.6 Å². The molecule has 0 fully saturated rings. The minimum Gasteiger partial charge on any atom is -0.325 e. The summed E-state index contributed by atoms with van der Waals surface area (Å²) in [5.74, 6) is 0.525. The number of nitrogens with one attached hydrogen (secondary N) is 1. The van der Waals surface area contributed by atoms with Crippen molar-refractivity contribution in [3.63, 3.8) is 0 Å². The molecule has 0 aliphatic rings. The topological polar surface area (TPSA) is 55.6 Å². The zero-order valence-electron chi connectivity index (χ0n) is 12.0. The fourth-order valence-corrected chi connectivity index (χ4v) is 2.41. The Bertz CT molecular complexity index is 715. The summed E-state index contributed by atoms with van der Waals surface area (Å²) in [6, 6.07) is 0. The van der Waals surface area contributed by atoms with Gasteiger partial charge in [0.25, 0.3) is 0 Å². The molecular weight excluding hydrogens is 377 g/mol. The highest BCUT2D eigenvalue weighted by molar-refractivity contribution is 14.1. The second kappa shape index (κ2) is 6.66. The summed E-state index contributed by atoms with van der Waals surface area (Å²) in [5, 5.41) is 7.39. The van der Waals surface area contributed by atoms with Gasteiger partial charge in [-0.2, -0.15) is 5.10 Å². The smallest absolute Gasteiger partial charge is 0.227 e. The van der Waals surface area contributed by atoms with E-state index >= 15 is 0 Å². The van der Waals surface area contributed by atoms with Crippen LogP contribution in [0.2, 0.25) is 0 Å². The Morgan fingerprint density at radius 2 is 2.14 bits per heavy atom. The van der Waals surface area contributed by atoms with Gasteiger partial charge in [0.05, 0.1) is 21.2 Å². The van der Waals surface area contributed by atoms with Crippen molar-refractivity contribution in [1.82, 2.24) is 19.7 Å². The lowest BCUT2D eigenvalue weighted by Crippen LogP contribution is -2.03. The van der Waals surface area contributed by atoms with Crippen LogP contribution >= 0.6 is 22.6 Å². The van der Waals surface area contributed by atoms with E-state index in [1.807, 2.05) is 20.0 Å². The number of halogens is 1. The van der Waals surface area contributed by atoms with Crippen LogP contribution in [0.3, 0.4) is 0 Å². The molecule has 0 aliphatic heterocycles. The van der Waals surface area contributed by atoms with Gasteiger partial charge < -0.3 is 5.32 Å². The predicted octanol–water partition coefficient (Wildman–Crippen LogP) is 3.63. The maximum atomic E-state index is 4.58. The van der Waals surface area contributed by atoms with Crippen LogP contribution in [0.4, 0.5) is 5.95 Å². The molecule has 0 spiro atoms. The fourth-order valence-electron chi connectivity index (χ4n) is 1.86. The quantitative estimate of drug-likeness (QED) is 0.623. The minimum atomic E-state index is 0.525. The van der Waals surface area contributed by atoms with Gasteiger partial charge in [-0.1, -0.05) is 19.2 Å². The third kappa shape index (κ3) is 3.21. The molecule has 0 unspecified atom stereocenters. The molecule has 0 aromatic carbocycles. The van der Waals surface area contributed by atoms with Crippen molar-refractivity contribution in [2.75, 3.05) is 5.32 Å². The van der Waals surface area contributed by atoms with E-state index in [0.29, 0.717) is 5.95 Å². The van der Waals surface area contributed by atoms with E-state index in [1.165, 1.54) is 0 Å². The van der Waals surface area contributed by atoms with Gasteiger partial charge in [0.15, 0.2) is 0 Å². The summed E-state index contributed by atoms with van der Waals surface area (Å²) < 4.78 is 2.73. The Hall–Kier alpha value is -1.96. The molecule has 108 valence electrons. The zero-order valence-corrected chi connectivity index (χ0v) is 14.1. The van der Waals surface area contributed by atoms with E-state index < -0.39 is 0 Å². The van der Waals surface area contributed by atoms with Gasteiger partial charge in [0.2, 0.25) is 5.95 Å². The maximum Gasteiger partial charge on any atom is 0.227 e. The number of hydrogen-bond donors (Lipinski definition) is 1. The third-order valence-corrected chi connectivity index (χ3v) is 3.75. The van der Waals surface area contributed by atoms with E-state index in [9.17, 15) is 0 Å². The van der Waals surface area contributed by atoms with Gasteiger partial charge in [-0.25, -0.2) is 9.97 Å². The van der Waals surface area contributed by atoms with Gasteiger partial charge in [0, 0.05) is 24.5 Å². The minimum absolute atomic E-state index is 0.525. The molecule has 5 nitrogen and oxygen atoms in total. The highest BCUT2D eigenvalue weighted by Crippen LogP contribution is 2.27. The lowest BCUT2D eigenvalue weighted by atomic mass is 10.2. The van der Waals surface area contributed by atoms with Crippen LogP contribution in [0.25, 0.3) is 17.3 Å². The number of rotatable bonds is 5. The van der Waals surface area contributed by atoms with Gasteiger partial charge >= 0.3 is 0 Å². The fraction of sp³-hybridized carbons (Fsp3) is 0.133. The van der Waals surface area contributed by atoms with Crippen LogP contribution in [-0.4, -0.2) is 19.7 Å². The molecule has 6 heteroatoms. The Balaban J connectivity index is 2.49. The second-order valence-corrected chi connectivity index (χ2v) is 5.40. The van der Waals surface area contributed by atoms with Gasteiger partial charge in [-0.05, 0) is 41.7 Å². The number of aryl methyl sites for hydroxylation is 1. The number of nitrogens with zero attached hydrogens (tertiary/aromatic N) is 4. The number of allylic oxidation sites excluding steroid dienone is 2. The summed E-state index contributed by atoms with van der Waals surface area (Å²) in [7, 11) is 1.88. The molecule has 0 amide bonds. The summed E-state index contributed by atoms with van der Waals surface area (Å²) in [4.78, 5) is 8.87. The van der Waals surface area contributed by atoms with Gasteiger partial charge in [0.1, 0.15) is 0 Å². The Morgan fingerprint density at radius 1 is 1.38 bits per heavy atom. The molecule has 1 N–H and O–H groups in total. The molecule has 2 aromatic heterocycles. The van der Waals surface area contributed by atoms with Gasteiger partial charge in [-0.3, -0.25) is 4.68 Å². The number of aromatic nitrogens is 4. The van der Waals surface area contributed by atoms with E-state index in [2.05, 4.69) is 56.1 Å². The third-order valence-electron chi connectivity index (χ3n) is 2.96. The van der Waals surface area contributed by atoms with Crippen LogP contribution in [0.15, 0.2) is 43.4 Å². The van der Waals surface area contributed by atoms with E-state index in [-0.39, 0.29) is 0 Å². The first-order valence-electron chi connectivity index (χ1n) is 6.33. The summed E-state index contributed by atoms with van der Waals surface area (Å²) >= 11 is 2.22. The Labute approximate surface area is 137 Å². The summed E-state index contributed by atoms with van der Waals surface area (Å²) in [6.07, 6.45) is 8.97. The van der Waals surface area contributed by atoms with Crippen molar-refractivity contribution in [1.29, 1.82) is 0 Å². The maximum absolute atomic E-state index is 4.58. The van der Waals surface area contributed by atoms with Crippen molar-refractivity contribution in [3.8, 4) is 11.3 Å². The predicted molar refractivity (Wildman–Crippen MR) is 94.6 cm³/mol. The molecule has 0 radical (unpaired) electrons. The SMILES string of the molecule is C=C/C(=C\C)Nc1ncc(I)c(-c2cnn(C)c2C=C)n1. The standard InChI is InChI=1S/C15H16IN5/c1-5-10(6-2)19-15-17-9-12(16)14(20-15)11-8-18-21(4)13(11)7-3/h5-9H,1,3H2,2,4H3,(H,17,19,20)/b10-6+. The first-order chi connectivity index (χ1) is 10.1. The normalized spacial score (nSPS) is 11.3. The summed E-state index contributed by atoms with van der Waals surface area (Å²) in [5.41, 5.74) is 3.54. The van der Waals surface area contributed by atoms with Crippen LogP contribution in [0, 0.1) is 3.57 Å².